The lowest BCUT2D eigenvalue weighted by Crippen LogP contribution is -2.43. The van der Waals surface area contributed by atoms with Crippen LogP contribution < -0.4 is 0 Å². The number of thioether (sulfide) groups is 1. The first-order chi connectivity index (χ1) is 6.97. The molecule has 1 aliphatic heterocycles. The highest BCUT2D eigenvalue weighted by molar-refractivity contribution is 8.00. The summed E-state index contributed by atoms with van der Waals surface area (Å²) in [6.45, 7) is 13.8. The zero-order valence-electron chi connectivity index (χ0n) is 11.0. The zero-order valence-corrected chi connectivity index (χ0v) is 11.8. The molecule has 0 saturated carbocycles. The second-order valence-electron chi connectivity index (χ2n) is 5.21. The summed E-state index contributed by atoms with van der Waals surface area (Å²) >= 11 is 1.99. The minimum absolute atomic E-state index is 0.404. The van der Waals surface area contributed by atoms with E-state index >= 15 is 0 Å². The topological polar surface area (TPSA) is 9.23 Å². The molecule has 1 fully saturated rings. The minimum atomic E-state index is 0.404. The van der Waals surface area contributed by atoms with Crippen LogP contribution in [-0.2, 0) is 4.74 Å². The smallest absolute Gasteiger partial charge is 0.106 e. The largest absolute Gasteiger partial charge is 0.364 e. The van der Waals surface area contributed by atoms with E-state index in [1.807, 2.05) is 11.8 Å². The molecule has 0 aromatic rings. The van der Waals surface area contributed by atoms with Crippen LogP contribution in [0, 0.1) is 17.8 Å². The maximum Gasteiger partial charge on any atom is 0.106 e. The lowest BCUT2D eigenvalue weighted by molar-refractivity contribution is -0.0946. The van der Waals surface area contributed by atoms with Crippen molar-refractivity contribution in [2.24, 2.45) is 17.8 Å². The molecule has 5 atom stereocenters. The van der Waals surface area contributed by atoms with Gasteiger partial charge < -0.3 is 4.74 Å². The molecule has 0 radical (unpaired) electrons. The average Bonchev–Trinajstić information content (AvgIpc) is 2.18. The van der Waals surface area contributed by atoms with Crippen molar-refractivity contribution in [1.29, 1.82) is 0 Å². The van der Waals surface area contributed by atoms with E-state index < -0.39 is 0 Å². The number of ether oxygens (including phenoxy) is 1. The molecule has 1 rings (SSSR count). The Hall–Kier alpha value is 0.310. The van der Waals surface area contributed by atoms with Gasteiger partial charge in [0.2, 0.25) is 0 Å². The number of hydrogen-bond acceptors (Lipinski definition) is 2. The Morgan fingerprint density at radius 3 is 2.13 bits per heavy atom. The summed E-state index contributed by atoms with van der Waals surface area (Å²) in [4.78, 5) is 0. The Balaban J connectivity index is 2.65. The van der Waals surface area contributed by atoms with Crippen LogP contribution in [0.4, 0.5) is 0 Å². The molecule has 0 N–H and O–H groups in total. The maximum absolute atomic E-state index is 6.20. The van der Waals surface area contributed by atoms with E-state index in [9.17, 15) is 0 Å². The van der Waals surface area contributed by atoms with Crippen LogP contribution in [-0.4, -0.2) is 16.8 Å². The van der Waals surface area contributed by atoms with Gasteiger partial charge in [0.1, 0.15) is 5.44 Å². The summed E-state index contributed by atoms with van der Waals surface area (Å²) < 4.78 is 6.20. The van der Waals surface area contributed by atoms with Gasteiger partial charge in [0.15, 0.2) is 0 Å². The highest BCUT2D eigenvalue weighted by Gasteiger charge is 2.38. The van der Waals surface area contributed by atoms with E-state index in [4.69, 9.17) is 4.74 Å². The summed E-state index contributed by atoms with van der Waals surface area (Å²) in [7, 11) is 0. The molecule has 0 bridgehead atoms. The van der Waals surface area contributed by atoms with Crippen LogP contribution in [0.5, 0.6) is 0 Å². The molecule has 0 spiro atoms. The van der Waals surface area contributed by atoms with Crippen molar-refractivity contribution in [3.05, 3.63) is 0 Å². The van der Waals surface area contributed by atoms with E-state index in [0.29, 0.717) is 28.6 Å². The molecule has 2 unspecified atom stereocenters. The molecule has 15 heavy (non-hydrogen) atoms. The third-order valence-corrected chi connectivity index (χ3v) is 5.14. The average molecular weight is 230 g/mol. The number of rotatable bonds is 3. The Morgan fingerprint density at radius 2 is 1.67 bits per heavy atom. The Kier molecular flexibility index (Phi) is 4.98. The fourth-order valence-electron chi connectivity index (χ4n) is 2.38. The molecule has 1 heterocycles. The van der Waals surface area contributed by atoms with Gasteiger partial charge in [0, 0.05) is 5.25 Å². The monoisotopic (exact) mass is 230 g/mol. The van der Waals surface area contributed by atoms with E-state index in [2.05, 4.69) is 41.5 Å². The first kappa shape index (κ1) is 13.4. The molecule has 0 amide bonds. The SMILES string of the molecule is CCC1O[C@H](SC(C)C)[C@@H](C)C(C)[C@@H]1C. The molecule has 1 saturated heterocycles. The third-order valence-electron chi connectivity index (χ3n) is 3.79. The summed E-state index contributed by atoms with van der Waals surface area (Å²) in [5.41, 5.74) is 0.404. The van der Waals surface area contributed by atoms with Crippen LogP contribution in [0.2, 0.25) is 0 Å². The fraction of sp³-hybridized carbons (Fsp3) is 1.00. The van der Waals surface area contributed by atoms with Crippen molar-refractivity contribution in [2.75, 3.05) is 0 Å². The fourth-order valence-corrected chi connectivity index (χ4v) is 3.62. The van der Waals surface area contributed by atoms with Crippen LogP contribution in [0.1, 0.15) is 48.0 Å². The summed E-state index contributed by atoms with van der Waals surface area (Å²) in [5, 5.41) is 0.663. The van der Waals surface area contributed by atoms with Crippen LogP contribution in [0.25, 0.3) is 0 Å². The molecule has 1 nitrogen and oxygen atoms in total. The Labute approximate surface area is 99.3 Å². The lowest BCUT2D eigenvalue weighted by Gasteiger charge is -2.43. The molecular weight excluding hydrogens is 204 g/mol. The van der Waals surface area contributed by atoms with E-state index in [1.165, 1.54) is 0 Å². The number of hydrogen-bond donors (Lipinski definition) is 0. The quantitative estimate of drug-likeness (QED) is 0.719. The predicted molar refractivity (Wildman–Crippen MR) is 69.2 cm³/mol. The Morgan fingerprint density at radius 1 is 1.07 bits per heavy atom. The van der Waals surface area contributed by atoms with Gasteiger partial charge in [-0.05, 0) is 24.2 Å². The molecular formula is C13H26OS. The van der Waals surface area contributed by atoms with Crippen LogP contribution in [0.15, 0.2) is 0 Å². The van der Waals surface area contributed by atoms with Gasteiger partial charge in [-0.1, -0.05) is 41.5 Å². The van der Waals surface area contributed by atoms with Gasteiger partial charge in [0.25, 0.3) is 0 Å². The van der Waals surface area contributed by atoms with Crippen LogP contribution in [0.3, 0.4) is 0 Å². The van der Waals surface area contributed by atoms with Gasteiger partial charge in [-0.2, -0.15) is 0 Å². The Bertz CT molecular complexity index is 191. The van der Waals surface area contributed by atoms with Crippen molar-refractivity contribution < 1.29 is 4.74 Å². The van der Waals surface area contributed by atoms with Gasteiger partial charge in [0.05, 0.1) is 6.10 Å². The van der Waals surface area contributed by atoms with Crippen molar-refractivity contribution in [2.45, 2.75) is 64.8 Å². The summed E-state index contributed by atoms with van der Waals surface area (Å²) in [6.07, 6.45) is 1.61. The molecule has 2 heteroatoms. The molecule has 90 valence electrons. The molecule has 0 aromatic heterocycles. The molecule has 0 aliphatic carbocycles. The van der Waals surface area contributed by atoms with Gasteiger partial charge in [-0.15, -0.1) is 11.8 Å². The highest BCUT2D eigenvalue weighted by Crippen LogP contribution is 2.41. The normalized spacial score (nSPS) is 42.2. The standard InChI is InChI=1S/C13H26OS/c1-7-12-10(5)9(4)11(6)13(14-12)15-8(2)3/h8-13H,7H2,1-6H3/t9?,10-,11-,12?,13+/m0/s1. The van der Waals surface area contributed by atoms with Crippen molar-refractivity contribution in [3.63, 3.8) is 0 Å². The van der Waals surface area contributed by atoms with E-state index in [1.54, 1.807) is 0 Å². The van der Waals surface area contributed by atoms with Crippen molar-refractivity contribution in [1.82, 2.24) is 0 Å². The van der Waals surface area contributed by atoms with Crippen molar-refractivity contribution >= 4 is 11.8 Å². The van der Waals surface area contributed by atoms with Gasteiger partial charge in [-0.25, -0.2) is 0 Å². The maximum atomic E-state index is 6.20. The predicted octanol–water partition coefficient (Wildman–Crippen LogP) is 4.17. The zero-order chi connectivity index (χ0) is 11.6. The second-order valence-corrected chi connectivity index (χ2v) is 6.89. The first-order valence-electron chi connectivity index (χ1n) is 6.28. The van der Waals surface area contributed by atoms with Crippen LogP contribution >= 0.6 is 11.8 Å². The van der Waals surface area contributed by atoms with E-state index in [-0.39, 0.29) is 0 Å². The first-order valence-corrected chi connectivity index (χ1v) is 7.22. The molecule has 0 aromatic carbocycles. The second kappa shape index (κ2) is 5.58. The third kappa shape index (κ3) is 3.13. The highest BCUT2D eigenvalue weighted by atomic mass is 32.2. The summed E-state index contributed by atoms with van der Waals surface area (Å²) in [6, 6.07) is 0. The van der Waals surface area contributed by atoms with E-state index in [0.717, 1.165) is 12.3 Å². The lowest BCUT2D eigenvalue weighted by atomic mass is 9.79. The van der Waals surface area contributed by atoms with Gasteiger partial charge >= 0.3 is 0 Å². The minimum Gasteiger partial charge on any atom is -0.364 e. The van der Waals surface area contributed by atoms with Crippen molar-refractivity contribution in [3.8, 4) is 0 Å². The summed E-state index contributed by atoms with van der Waals surface area (Å²) in [5.74, 6) is 2.16. The van der Waals surface area contributed by atoms with Gasteiger partial charge in [-0.3, -0.25) is 0 Å². The molecule has 1 aliphatic rings.